The molecule has 0 N–H and O–H groups in total. The highest BCUT2D eigenvalue weighted by atomic mass is 79.9. The molecule has 5 rings (SSSR count). The van der Waals surface area contributed by atoms with Crippen LogP contribution in [0.15, 0.2) is 115 Å². The fourth-order valence-electron chi connectivity index (χ4n) is 6.98. The van der Waals surface area contributed by atoms with Crippen LogP contribution in [0.3, 0.4) is 0 Å². The molecule has 0 fully saturated rings. The Labute approximate surface area is 335 Å². The molecule has 0 aromatic heterocycles. The summed E-state index contributed by atoms with van der Waals surface area (Å²) >= 11 is 16.1. The predicted molar refractivity (Wildman–Crippen MR) is 233 cm³/mol. The van der Waals surface area contributed by atoms with E-state index in [0.29, 0.717) is 0 Å². The second-order valence-corrected chi connectivity index (χ2v) is 17.0. The van der Waals surface area contributed by atoms with Crippen LogP contribution in [0, 0.1) is 0 Å². The number of rotatable bonds is 18. The quantitative estimate of drug-likeness (QED) is 0.0768. The lowest BCUT2D eigenvalue weighted by Crippen LogP contribution is -1.99. The molecule has 0 aliphatic rings. The van der Waals surface area contributed by atoms with Crippen LogP contribution in [0.5, 0.6) is 0 Å². The summed E-state index contributed by atoms with van der Waals surface area (Å²) in [6.07, 6.45) is 18.2. The van der Waals surface area contributed by atoms with Crippen LogP contribution in [-0.4, -0.2) is 0 Å². The molecule has 0 heterocycles. The minimum Gasteiger partial charge on any atom is -0.0654 e. The van der Waals surface area contributed by atoms with E-state index in [1.807, 2.05) is 0 Å². The SMILES string of the molecule is CCCCCCCCc1cc(Br)c(-c2cc(Br)c(-c3cc(-c4ccccc4)c(-c4ccccc4)cc3Br)cc2Br)cc1CCCCCCCC. The summed E-state index contributed by atoms with van der Waals surface area (Å²) in [6, 6.07) is 35.5. The molecular formula is C46H50Br4. The van der Waals surface area contributed by atoms with Crippen LogP contribution in [0.1, 0.15) is 102 Å². The summed E-state index contributed by atoms with van der Waals surface area (Å²) < 4.78 is 4.40. The van der Waals surface area contributed by atoms with Crippen molar-refractivity contribution in [2.24, 2.45) is 0 Å². The van der Waals surface area contributed by atoms with E-state index in [0.717, 1.165) is 37.4 Å². The standard InChI is InChI=1S/C46H50Br4/c1-3-5-7-9-11-15-25-35-27-39(43(47)28-36(35)26-16-12-10-8-6-4-2)41-31-46(50)42(32-45(41)49)40-29-37(33-21-17-13-18-22-33)38(30-44(40)48)34-23-19-14-20-24-34/h13-14,17-24,27-32H,3-12,15-16,25-26H2,1-2H3. The van der Waals surface area contributed by atoms with E-state index in [2.05, 4.69) is 175 Å². The van der Waals surface area contributed by atoms with E-state index >= 15 is 0 Å². The van der Waals surface area contributed by atoms with Crippen molar-refractivity contribution in [1.82, 2.24) is 0 Å². The summed E-state index contributed by atoms with van der Waals surface area (Å²) in [5.74, 6) is 0. The molecule has 0 bridgehead atoms. The van der Waals surface area contributed by atoms with Gasteiger partial charge in [0.1, 0.15) is 0 Å². The van der Waals surface area contributed by atoms with Gasteiger partial charge >= 0.3 is 0 Å². The first-order valence-electron chi connectivity index (χ1n) is 18.7. The fourth-order valence-corrected chi connectivity index (χ4v) is 9.25. The Morgan fingerprint density at radius 2 is 0.680 bits per heavy atom. The highest BCUT2D eigenvalue weighted by Crippen LogP contribution is 2.46. The molecule has 0 radical (unpaired) electrons. The molecular weight excluding hydrogens is 872 g/mol. The Morgan fingerprint density at radius 1 is 0.340 bits per heavy atom. The molecule has 50 heavy (non-hydrogen) atoms. The van der Waals surface area contributed by atoms with Gasteiger partial charge in [-0.05, 0) is 118 Å². The van der Waals surface area contributed by atoms with Gasteiger partial charge in [0.05, 0.1) is 0 Å². The smallest absolute Gasteiger partial charge is 0.0261 e. The summed E-state index contributed by atoms with van der Waals surface area (Å²) in [6.45, 7) is 4.59. The van der Waals surface area contributed by atoms with Crippen LogP contribution < -0.4 is 0 Å². The van der Waals surface area contributed by atoms with Gasteiger partial charge in [-0.2, -0.15) is 0 Å². The lowest BCUT2D eigenvalue weighted by molar-refractivity contribution is 0.599. The number of benzene rings is 5. The predicted octanol–water partition coefficient (Wildman–Crippen LogP) is 17.2. The van der Waals surface area contributed by atoms with Crippen molar-refractivity contribution in [2.45, 2.75) is 104 Å². The van der Waals surface area contributed by atoms with E-state index in [9.17, 15) is 0 Å². The zero-order valence-electron chi connectivity index (χ0n) is 29.6. The zero-order valence-corrected chi connectivity index (χ0v) is 36.0. The maximum atomic E-state index is 4.03. The third-order valence-corrected chi connectivity index (χ3v) is 12.4. The first-order chi connectivity index (χ1) is 24.4. The van der Waals surface area contributed by atoms with E-state index < -0.39 is 0 Å². The fraction of sp³-hybridized carbons (Fsp3) is 0.348. The molecule has 0 aliphatic heterocycles. The molecule has 262 valence electrons. The maximum Gasteiger partial charge on any atom is 0.0261 e. The Hall–Kier alpha value is -1.98. The lowest BCUT2D eigenvalue weighted by Gasteiger charge is -2.19. The third kappa shape index (κ3) is 10.6. The van der Waals surface area contributed by atoms with Gasteiger partial charge in [-0.15, -0.1) is 0 Å². The second-order valence-electron chi connectivity index (χ2n) is 13.6. The van der Waals surface area contributed by atoms with Crippen molar-refractivity contribution in [1.29, 1.82) is 0 Å². The van der Waals surface area contributed by atoms with Gasteiger partial charge in [-0.1, -0.05) is 202 Å². The number of unbranched alkanes of at least 4 members (excludes halogenated alkanes) is 10. The lowest BCUT2D eigenvalue weighted by atomic mass is 9.90. The normalized spacial score (nSPS) is 11.3. The molecule has 0 unspecified atom stereocenters. The van der Waals surface area contributed by atoms with Gasteiger partial charge in [0.15, 0.2) is 0 Å². The van der Waals surface area contributed by atoms with E-state index in [1.165, 1.54) is 126 Å². The van der Waals surface area contributed by atoms with Crippen LogP contribution in [0.2, 0.25) is 0 Å². The van der Waals surface area contributed by atoms with Gasteiger partial charge in [0, 0.05) is 17.9 Å². The van der Waals surface area contributed by atoms with Gasteiger partial charge < -0.3 is 0 Å². The number of halogens is 4. The second kappa shape index (κ2) is 20.3. The van der Waals surface area contributed by atoms with Crippen molar-refractivity contribution in [2.75, 3.05) is 0 Å². The largest absolute Gasteiger partial charge is 0.0654 e. The van der Waals surface area contributed by atoms with Gasteiger partial charge in [0.25, 0.3) is 0 Å². The highest BCUT2D eigenvalue weighted by molar-refractivity contribution is 9.11. The molecule has 0 nitrogen and oxygen atoms in total. The molecule has 5 aromatic rings. The van der Waals surface area contributed by atoms with Crippen molar-refractivity contribution >= 4 is 63.7 Å². The Kier molecular flexibility index (Phi) is 15.9. The van der Waals surface area contributed by atoms with Gasteiger partial charge in [-0.3, -0.25) is 0 Å². The van der Waals surface area contributed by atoms with Crippen molar-refractivity contribution in [3.63, 3.8) is 0 Å². The number of hydrogen-bond donors (Lipinski definition) is 0. The third-order valence-electron chi connectivity index (χ3n) is 9.80. The van der Waals surface area contributed by atoms with Gasteiger partial charge in [0.2, 0.25) is 0 Å². The van der Waals surface area contributed by atoms with Crippen LogP contribution >= 0.6 is 63.7 Å². The Morgan fingerprint density at radius 3 is 1.16 bits per heavy atom. The number of hydrogen-bond acceptors (Lipinski definition) is 0. The van der Waals surface area contributed by atoms with Gasteiger partial charge in [-0.25, -0.2) is 0 Å². The average molecular weight is 923 g/mol. The molecule has 4 heteroatoms. The average Bonchev–Trinajstić information content (AvgIpc) is 3.13. The highest BCUT2D eigenvalue weighted by Gasteiger charge is 2.19. The minimum atomic E-state index is 1.07. The van der Waals surface area contributed by atoms with E-state index in [-0.39, 0.29) is 0 Å². The van der Waals surface area contributed by atoms with Crippen LogP contribution in [0.25, 0.3) is 44.5 Å². The van der Waals surface area contributed by atoms with Crippen molar-refractivity contribution in [3.8, 4) is 44.5 Å². The van der Waals surface area contributed by atoms with Crippen LogP contribution in [-0.2, 0) is 12.8 Å². The molecule has 0 spiro atoms. The topological polar surface area (TPSA) is 0 Å². The molecule has 0 amide bonds. The zero-order chi connectivity index (χ0) is 35.3. The molecule has 5 aromatic carbocycles. The first-order valence-corrected chi connectivity index (χ1v) is 21.8. The van der Waals surface area contributed by atoms with E-state index in [1.54, 1.807) is 0 Å². The van der Waals surface area contributed by atoms with Crippen molar-refractivity contribution < 1.29 is 0 Å². The van der Waals surface area contributed by atoms with Crippen molar-refractivity contribution in [3.05, 3.63) is 126 Å². The summed E-state index contributed by atoms with van der Waals surface area (Å²) in [4.78, 5) is 0. The van der Waals surface area contributed by atoms with E-state index in [4.69, 9.17) is 0 Å². The molecule has 0 saturated carbocycles. The minimum absolute atomic E-state index is 1.07. The number of aryl methyl sites for hydroxylation is 2. The molecule has 0 aliphatic carbocycles. The first kappa shape index (κ1) is 39.2. The monoisotopic (exact) mass is 918 g/mol. The van der Waals surface area contributed by atoms with Crippen LogP contribution in [0.4, 0.5) is 0 Å². The summed E-state index contributed by atoms with van der Waals surface area (Å²) in [5.41, 5.74) is 12.6. The molecule has 0 atom stereocenters. The summed E-state index contributed by atoms with van der Waals surface area (Å²) in [7, 11) is 0. The maximum absolute atomic E-state index is 4.03. The molecule has 0 saturated heterocycles. The summed E-state index contributed by atoms with van der Waals surface area (Å²) in [5, 5.41) is 0. The Bertz CT molecular complexity index is 1810. The Balaban J connectivity index is 1.49.